The molecule has 0 aliphatic heterocycles. The topological polar surface area (TPSA) is 27.6 Å². The normalized spacial score (nSPS) is 9.30. The Morgan fingerprint density at radius 3 is 0.950 bits per heavy atom. The third kappa shape index (κ3) is 27.7. The van der Waals surface area contributed by atoms with Crippen LogP contribution in [0.2, 0.25) is 0 Å². The van der Waals surface area contributed by atoms with Crippen molar-refractivity contribution in [3.05, 3.63) is 0 Å². The van der Waals surface area contributed by atoms with Crippen LogP contribution in [0.4, 0.5) is 0 Å². The van der Waals surface area contributed by atoms with Crippen LogP contribution >= 0.6 is 0 Å². The summed E-state index contributed by atoms with van der Waals surface area (Å²) in [5.41, 5.74) is 3.88. The Hall–Kier alpha value is 1.40. The number of quaternary nitrogens is 1. The predicted molar refractivity (Wildman–Crippen MR) is 78.1 cm³/mol. The van der Waals surface area contributed by atoms with Crippen LogP contribution < -0.4 is 56.7 Å². The fraction of sp³-hybridized carbons (Fsp3) is 1.00. The second-order valence-corrected chi connectivity index (χ2v) is 5.45. The summed E-state index contributed by atoms with van der Waals surface area (Å²) in [6.07, 6.45) is 20.2. The fourth-order valence-electron chi connectivity index (χ4n) is 2.37. The lowest BCUT2D eigenvalue weighted by atomic mass is 10.0. The number of hydrogen-bond acceptors (Lipinski definition) is 0. The zero-order chi connectivity index (χ0) is 12.6. The van der Waals surface area contributed by atoms with Crippen LogP contribution in [0.15, 0.2) is 0 Å². The van der Waals surface area contributed by atoms with Crippen LogP contribution in [0, 0.1) is 0 Å². The van der Waals surface area contributed by atoms with Crippen molar-refractivity contribution in [2.24, 2.45) is 0 Å². The average Bonchev–Trinajstić information content (AvgIpc) is 2.35. The molecule has 0 aromatic rings. The highest BCUT2D eigenvalue weighted by Crippen LogP contribution is 2.12. The van der Waals surface area contributed by atoms with E-state index in [1.165, 1.54) is 89.9 Å². The maximum atomic E-state index is 3.88. The number of unbranched alkanes of at least 4 members (excludes halogenated alkanes) is 13. The molecule has 0 aliphatic carbocycles. The Morgan fingerprint density at radius 1 is 0.450 bits per heavy atom. The van der Waals surface area contributed by atoms with Gasteiger partial charge < -0.3 is 56.7 Å². The summed E-state index contributed by atoms with van der Waals surface area (Å²) in [7, 11) is 0. The van der Waals surface area contributed by atoms with Crippen molar-refractivity contribution in [3.63, 3.8) is 0 Å². The minimum Gasteiger partial charge on any atom is -1.00 e. The van der Waals surface area contributed by atoms with E-state index in [9.17, 15) is 0 Å². The molecule has 0 atom stereocenters. The van der Waals surface area contributed by atoms with Crippen molar-refractivity contribution in [1.82, 2.24) is 0 Å². The fourth-order valence-corrected chi connectivity index (χ4v) is 2.37. The zero-order valence-corrected chi connectivity index (χ0v) is 18.2. The van der Waals surface area contributed by atoms with E-state index in [2.05, 4.69) is 12.7 Å². The van der Waals surface area contributed by atoms with Crippen molar-refractivity contribution in [2.45, 2.75) is 96.8 Å². The minimum atomic E-state index is 0. The predicted octanol–water partition coefficient (Wildman–Crippen LogP) is -4.28. The van der Waals surface area contributed by atoms with Gasteiger partial charge in [0.2, 0.25) is 0 Å². The number of rotatable bonds is 14. The standard InChI is InChI=1S/C16H35N.3BrH/c1-2-3-4-5-6-7-8-9-10-11-12-13-14-15-16-17;;;/h2-17H2,1H3;3*1H/p-2. The van der Waals surface area contributed by atoms with Crippen LogP contribution in [0.25, 0.3) is 0 Å². The smallest absolute Gasteiger partial charge is 0.0739 e. The van der Waals surface area contributed by atoms with Crippen molar-refractivity contribution in [1.29, 1.82) is 0 Å². The van der Waals surface area contributed by atoms with Gasteiger partial charge in [0.05, 0.1) is 6.54 Å². The van der Waals surface area contributed by atoms with Crippen LogP contribution in [-0.2, 0) is 0 Å². The lowest BCUT2D eigenvalue weighted by molar-refractivity contribution is -0.368. The van der Waals surface area contributed by atoms with Crippen molar-refractivity contribution in [3.8, 4) is 0 Å². The van der Waals surface area contributed by atoms with Gasteiger partial charge in [0.25, 0.3) is 0 Å². The Kier molecular flexibility index (Phi) is 42.0. The molecule has 0 saturated carbocycles. The SMILES string of the molecule is CCCCCCCCCCCCCCCC[NH3+].[Br-].[Br-].[Br-]. The van der Waals surface area contributed by atoms with Crippen LogP contribution in [0.5, 0.6) is 0 Å². The third-order valence-corrected chi connectivity index (χ3v) is 3.60. The molecule has 0 heterocycles. The van der Waals surface area contributed by atoms with Gasteiger partial charge in [-0.2, -0.15) is 0 Å². The molecule has 4 heteroatoms. The maximum absolute atomic E-state index is 3.88. The second-order valence-electron chi connectivity index (χ2n) is 5.45. The maximum Gasteiger partial charge on any atom is 0.0739 e. The third-order valence-electron chi connectivity index (χ3n) is 3.60. The zero-order valence-electron chi connectivity index (χ0n) is 13.4. The molecule has 0 unspecified atom stereocenters. The van der Waals surface area contributed by atoms with E-state index in [4.69, 9.17) is 0 Å². The van der Waals surface area contributed by atoms with E-state index in [0.29, 0.717) is 0 Å². The summed E-state index contributed by atoms with van der Waals surface area (Å²) in [4.78, 5) is 0. The summed E-state index contributed by atoms with van der Waals surface area (Å²) in [6, 6.07) is 0. The van der Waals surface area contributed by atoms with E-state index in [1.54, 1.807) is 0 Å². The van der Waals surface area contributed by atoms with Gasteiger partial charge in [-0.3, -0.25) is 0 Å². The van der Waals surface area contributed by atoms with Gasteiger partial charge in [0, 0.05) is 0 Å². The minimum absolute atomic E-state index is 0. The van der Waals surface area contributed by atoms with Crippen LogP contribution in [-0.4, -0.2) is 6.54 Å². The molecule has 0 bridgehead atoms. The highest BCUT2D eigenvalue weighted by molar-refractivity contribution is 4.48. The lowest BCUT2D eigenvalue weighted by Crippen LogP contribution is -3.00. The molecule has 20 heavy (non-hydrogen) atoms. The van der Waals surface area contributed by atoms with Gasteiger partial charge in [-0.1, -0.05) is 84.0 Å². The Bertz CT molecular complexity index is 121. The molecule has 1 nitrogen and oxygen atoms in total. The largest absolute Gasteiger partial charge is 1.00 e. The van der Waals surface area contributed by atoms with Crippen molar-refractivity contribution in [2.75, 3.05) is 6.54 Å². The summed E-state index contributed by atoms with van der Waals surface area (Å²) < 4.78 is 0. The van der Waals surface area contributed by atoms with E-state index >= 15 is 0 Å². The van der Waals surface area contributed by atoms with Gasteiger partial charge in [-0.25, -0.2) is 0 Å². The van der Waals surface area contributed by atoms with Gasteiger partial charge in [-0.05, 0) is 12.8 Å². The molecule has 0 saturated heterocycles. The Balaban J connectivity index is -0.000000427. The Morgan fingerprint density at radius 2 is 0.700 bits per heavy atom. The van der Waals surface area contributed by atoms with Crippen LogP contribution in [0.3, 0.4) is 0 Å². The van der Waals surface area contributed by atoms with E-state index in [1.807, 2.05) is 0 Å². The number of hydrogen-bond donors (Lipinski definition) is 1. The first kappa shape index (κ1) is 29.4. The lowest BCUT2D eigenvalue weighted by Gasteiger charge is -2.02. The molecule has 0 aliphatic rings. The summed E-state index contributed by atoms with van der Waals surface area (Å²) >= 11 is 0. The van der Waals surface area contributed by atoms with E-state index in [-0.39, 0.29) is 50.9 Å². The second kappa shape index (κ2) is 28.5. The molecule has 0 amide bonds. The van der Waals surface area contributed by atoms with Crippen molar-refractivity contribution >= 4 is 0 Å². The van der Waals surface area contributed by atoms with Gasteiger partial charge in [-0.15, -0.1) is 0 Å². The molecule has 0 aromatic heterocycles. The van der Waals surface area contributed by atoms with Gasteiger partial charge in [0.1, 0.15) is 0 Å². The van der Waals surface area contributed by atoms with Gasteiger partial charge >= 0.3 is 0 Å². The quantitative estimate of drug-likeness (QED) is 0.243. The van der Waals surface area contributed by atoms with Crippen LogP contribution in [0.1, 0.15) is 96.8 Å². The molecular weight excluding hydrogens is 446 g/mol. The first-order chi connectivity index (χ1) is 8.41. The van der Waals surface area contributed by atoms with E-state index in [0.717, 1.165) is 6.54 Å². The highest BCUT2D eigenvalue weighted by atomic mass is 79.9. The molecule has 0 rings (SSSR count). The monoisotopic (exact) mass is 479 g/mol. The number of halogens is 3. The highest BCUT2D eigenvalue weighted by Gasteiger charge is 1.93. The first-order valence-corrected chi connectivity index (χ1v) is 8.21. The summed E-state index contributed by atoms with van der Waals surface area (Å²) in [6.45, 7) is 3.41. The molecule has 0 spiro atoms. The molecule has 3 N–H and O–H groups in total. The molecular formula is C16H36Br3N-2. The molecule has 0 radical (unpaired) electrons. The summed E-state index contributed by atoms with van der Waals surface area (Å²) in [5, 5.41) is 0. The van der Waals surface area contributed by atoms with E-state index < -0.39 is 0 Å². The van der Waals surface area contributed by atoms with Crippen molar-refractivity contribution < 1.29 is 56.7 Å². The molecule has 0 fully saturated rings. The molecule has 0 aromatic carbocycles. The molecule has 128 valence electrons. The summed E-state index contributed by atoms with van der Waals surface area (Å²) in [5.74, 6) is 0. The Labute approximate surface area is 159 Å². The first-order valence-electron chi connectivity index (χ1n) is 8.21. The van der Waals surface area contributed by atoms with Gasteiger partial charge in [0.15, 0.2) is 0 Å². The average molecular weight is 482 g/mol.